The predicted molar refractivity (Wildman–Crippen MR) is 79.7 cm³/mol. The van der Waals surface area contributed by atoms with Gasteiger partial charge in [0.15, 0.2) is 0 Å². The molecular formula is C18H26. The highest BCUT2D eigenvalue weighted by Gasteiger charge is 2.37. The fourth-order valence-corrected chi connectivity index (χ4v) is 3.38. The quantitative estimate of drug-likeness (QED) is 0.613. The van der Waals surface area contributed by atoms with Crippen molar-refractivity contribution in [1.29, 1.82) is 0 Å². The fourth-order valence-electron chi connectivity index (χ4n) is 3.38. The van der Waals surface area contributed by atoms with E-state index in [-0.39, 0.29) is 5.41 Å². The summed E-state index contributed by atoms with van der Waals surface area (Å²) in [4.78, 5) is 0. The Bertz CT molecular complexity index is 386. The van der Waals surface area contributed by atoms with Crippen LogP contribution < -0.4 is 0 Å². The van der Waals surface area contributed by atoms with E-state index in [4.69, 9.17) is 0 Å². The first-order valence-electron chi connectivity index (χ1n) is 7.17. The van der Waals surface area contributed by atoms with Crippen LogP contribution in [0, 0.1) is 11.3 Å². The van der Waals surface area contributed by atoms with E-state index in [1.54, 1.807) is 0 Å². The maximum Gasteiger partial charge on any atom is 0.0129 e. The Labute approximate surface area is 112 Å². The van der Waals surface area contributed by atoms with Crippen molar-refractivity contribution >= 4 is 0 Å². The summed E-state index contributed by atoms with van der Waals surface area (Å²) in [6.07, 6.45) is 7.35. The molecule has 0 amide bonds. The van der Waals surface area contributed by atoms with Crippen LogP contribution in [0.4, 0.5) is 0 Å². The van der Waals surface area contributed by atoms with Crippen LogP contribution in [0.2, 0.25) is 0 Å². The second-order valence-corrected chi connectivity index (χ2v) is 6.87. The van der Waals surface area contributed by atoms with E-state index >= 15 is 0 Å². The topological polar surface area (TPSA) is 0 Å². The van der Waals surface area contributed by atoms with Crippen molar-refractivity contribution in [2.45, 2.75) is 51.9 Å². The van der Waals surface area contributed by atoms with Crippen molar-refractivity contribution in [2.24, 2.45) is 11.3 Å². The SMILES string of the molecule is C=CC1(c2ccccc2)CCC(C(C)(C)C)CC1. The van der Waals surface area contributed by atoms with Crippen molar-refractivity contribution in [3.05, 3.63) is 48.6 Å². The molecule has 0 spiro atoms. The molecule has 2 rings (SSSR count). The number of hydrogen-bond donors (Lipinski definition) is 0. The monoisotopic (exact) mass is 242 g/mol. The lowest BCUT2D eigenvalue weighted by molar-refractivity contribution is 0.149. The average molecular weight is 242 g/mol. The van der Waals surface area contributed by atoms with Gasteiger partial charge >= 0.3 is 0 Å². The minimum atomic E-state index is 0.225. The van der Waals surface area contributed by atoms with Gasteiger partial charge in [0, 0.05) is 5.41 Å². The molecule has 1 aromatic rings. The molecule has 0 heterocycles. The first-order valence-corrected chi connectivity index (χ1v) is 7.17. The van der Waals surface area contributed by atoms with Gasteiger partial charge < -0.3 is 0 Å². The molecule has 1 fully saturated rings. The van der Waals surface area contributed by atoms with Crippen LogP contribution in [0.5, 0.6) is 0 Å². The summed E-state index contributed by atoms with van der Waals surface area (Å²) in [7, 11) is 0. The molecule has 18 heavy (non-hydrogen) atoms. The number of rotatable bonds is 2. The van der Waals surface area contributed by atoms with Crippen molar-refractivity contribution in [3.8, 4) is 0 Å². The summed E-state index contributed by atoms with van der Waals surface area (Å²) in [5, 5.41) is 0. The molecule has 0 unspecified atom stereocenters. The summed E-state index contributed by atoms with van der Waals surface area (Å²) in [6.45, 7) is 11.2. The summed E-state index contributed by atoms with van der Waals surface area (Å²) < 4.78 is 0. The standard InChI is InChI=1S/C18H26/c1-5-18(16-9-7-6-8-10-16)13-11-15(12-14-18)17(2,3)4/h5-10,15H,1,11-14H2,2-4H3. The minimum Gasteiger partial charge on any atom is -0.102 e. The van der Waals surface area contributed by atoms with Gasteiger partial charge in [-0.1, -0.05) is 57.2 Å². The summed E-state index contributed by atoms with van der Waals surface area (Å²) in [6, 6.07) is 10.9. The Morgan fingerprint density at radius 1 is 1.11 bits per heavy atom. The van der Waals surface area contributed by atoms with Gasteiger partial charge in [0.2, 0.25) is 0 Å². The molecule has 0 heteroatoms. The lowest BCUT2D eigenvalue weighted by Crippen LogP contribution is -2.34. The van der Waals surface area contributed by atoms with Crippen LogP contribution in [0.15, 0.2) is 43.0 Å². The Morgan fingerprint density at radius 3 is 2.11 bits per heavy atom. The molecule has 1 aliphatic carbocycles. The third-order valence-electron chi connectivity index (χ3n) is 4.84. The summed E-state index contributed by atoms with van der Waals surface area (Å²) in [5.74, 6) is 0.856. The van der Waals surface area contributed by atoms with Crippen LogP contribution in [0.1, 0.15) is 52.0 Å². The molecule has 0 saturated heterocycles. The highest BCUT2D eigenvalue weighted by atomic mass is 14.4. The van der Waals surface area contributed by atoms with Gasteiger partial charge in [0.25, 0.3) is 0 Å². The Morgan fingerprint density at radius 2 is 1.67 bits per heavy atom. The van der Waals surface area contributed by atoms with E-state index in [0.717, 1.165) is 5.92 Å². The molecule has 1 aromatic carbocycles. The van der Waals surface area contributed by atoms with Gasteiger partial charge in [-0.25, -0.2) is 0 Å². The van der Waals surface area contributed by atoms with Gasteiger partial charge in [0.05, 0.1) is 0 Å². The van der Waals surface area contributed by atoms with Crippen molar-refractivity contribution < 1.29 is 0 Å². The van der Waals surface area contributed by atoms with Crippen LogP contribution >= 0.6 is 0 Å². The molecule has 0 N–H and O–H groups in total. The second kappa shape index (κ2) is 4.91. The third kappa shape index (κ3) is 2.53. The van der Waals surface area contributed by atoms with E-state index in [9.17, 15) is 0 Å². The third-order valence-corrected chi connectivity index (χ3v) is 4.84. The zero-order chi connectivity index (χ0) is 13.2. The Kier molecular flexibility index (Phi) is 3.66. The molecule has 0 aromatic heterocycles. The molecular weight excluding hydrogens is 216 g/mol. The van der Waals surface area contributed by atoms with E-state index in [0.29, 0.717) is 5.41 Å². The van der Waals surface area contributed by atoms with Gasteiger partial charge in [0.1, 0.15) is 0 Å². The van der Waals surface area contributed by atoms with Crippen LogP contribution in [0.25, 0.3) is 0 Å². The first kappa shape index (κ1) is 13.4. The molecule has 0 bridgehead atoms. The van der Waals surface area contributed by atoms with Crippen molar-refractivity contribution in [1.82, 2.24) is 0 Å². The highest BCUT2D eigenvalue weighted by Crippen LogP contribution is 2.47. The van der Waals surface area contributed by atoms with E-state index in [1.807, 2.05) is 0 Å². The molecule has 0 aliphatic heterocycles. The molecule has 1 saturated carbocycles. The molecule has 98 valence electrons. The zero-order valence-corrected chi connectivity index (χ0v) is 12.1. The van der Waals surface area contributed by atoms with Gasteiger partial charge in [-0.2, -0.15) is 0 Å². The summed E-state index contributed by atoms with van der Waals surface area (Å²) >= 11 is 0. The van der Waals surface area contributed by atoms with Crippen LogP contribution in [0.3, 0.4) is 0 Å². The number of hydrogen-bond acceptors (Lipinski definition) is 0. The van der Waals surface area contributed by atoms with E-state index < -0.39 is 0 Å². The lowest BCUT2D eigenvalue weighted by atomic mass is 9.62. The van der Waals surface area contributed by atoms with Crippen LogP contribution in [-0.4, -0.2) is 0 Å². The van der Waals surface area contributed by atoms with E-state index in [1.165, 1.54) is 31.2 Å². The smallest absolute Gasteiger partial charge is 0.0129 e. The van der Waals surface area contributed by atoms with Gasteiger partial charge in [-0.3, -0.25) is 0 Å². The zero-order valence-electron chi connectivity index (χ0n) is 12.1. The molecule has 1 aliphatic rings. The predicted octanol–water partition coefficient (Wildman–Crippen LogP) is 5.35. The minimum absolute atomic E-state index is 0.225. The normalized spacial score (nSPS) is 28.9. The fraction of sp³-hybridized carbons (Fsp3) is 0.556. The largest absolute Gasteiger partial charge is 0.102 e. The second-order valence-electron chi connectivity index (χ2n) is 6.87. The molecule has 0 radical (unpaired) electrons. The van der Waals surface area contributed by atoms with E-state index in [2.05, 4.69) is 63.8 Å². The van der Waals surface area contributed by atoms with Crippen molar-refractivity contribution in [3.63, 3.8) is 0 Å². The average Bonchev–Trinajstić information content (AvgIpc) is 2.39. The lowest BCUT2D eigenvalue weighted by Gasteiger charge is -2.43. The first-order chi connectivity index (χ1) is 8.48. The number of allylic oxidation sites excluding steroid dienone is 1. The highest BCUT2D eigenvalue weighted by molar-refractivity contribution is 5.31. The Balaban J connectivity index is 2.17. The summed E-state index contributed by atoms with van der Waals surface area (Å²) in [5.41, 5.74) is 2.12. The maximum absolute atomic E-state index is 4.12. The number of benzene rings is 1. The van der Waals surface area contributed by atoms with Crippen molar-refractivity contribution in [2.75, 3.05) is 0 Å². The molecule has 0 nitrogen and oxygen atoms in total. The maximum atomic E-state index is 4.12. The van der Waals surface area contributed by atoms with Gasteiger partial charge in [-0.05, 0) is 42.6 Å². The Hall–Kier alpha value is -1.04. The molecule has 0 atom stereocenters. The van der Waals surface area contributed by atoms with Crippen LogP contribution in [-0.2, 0) is 5.41 Å². The van der Waals surface area contributed by atoms with Gasteiger partial charge in [-0.15, -0.1) is 6.58 Å².